The molecule has 0 aliphatic heterocycles. The van der Waals surface area contributed by atoms with Crippen LogP contribution >= 0.6 is 0 Å². The lowest BCUT2D eigenvalue weighted by molar-refractivity contribution is 0.673. The second-order valence-electron chi connectivity index (χ2n) is 11.4. The molecule has 46 heavy (non-hydrogen) atoms. The summed E-state index contributed by atoms with van der Waals surface area (Å²) in [6.07, 6.45) is 0. The van der Waals surface area contributed by atoms with Gasteiger partial charge in [-0.3, -0.25) is 0 Å². The van der Waals surface area contributed by atoms with E-state index in [2.05, 4.69) is 54.6 Å². The summed E-state index contributed by atoms with van der Waals surface area (Å²) < 4.78 is 49.6. The average molecular weight is 593 g/mol. The highest BCUT2D eigenvalue weighted by atomic mass is 16.3. The molecule has 2 nitrogen and oxygen atoms in total. The molecule has 0 spiro atoms. The standard InChI is InChI=1S/C44H29NO/c1-2-15-34(16-3-1)45(36-17-8-14-33(29-36)38-20-9-13-30-11-4-6-18-37(30)38)35-26-23-32(24-27-35)39-21-10-22-42-43(39)41-28-25-31-12-5-7-19-40(31)44(41)46-42/h1-29H/i1D,2D,3D,15D,16D. The summed E-state index contributed by atoms with van der Waals surface area (Å²) in [5.74, 6) is 0. The van der Waals surface area contributed by atoms with Gasteiger partial charge in [0.1, 0.15) is 11.2 Å². The second kappa shape index (κ2) is 10.8. The molecule has 1 aromatic heterocycles. The van der Waals surface area contributed by atoms with Crippen LogP contribution in [0, 0.1) is 0 Å². The van der Waals surface area contributed by atoms with E-state index in [1.165, 1.54) is 0 Å². The van der Waals surface area contributed by atoms with Gasteiger partial charge in [0.2, 0.25) is 0 Å². The quantitative estimate of drug-likeness (QED) is 0.198. The highest BCUT2D eigenvalue weighted by molar-refractivity contribution is 6.19. The van der Waals surface area contributed by atoms with Crippen LogP contribution in [-0.4, -0.2) is 0 Å². The Bertz CT molecular complexity index is 2790. The van der Waals surface area contributed by atoms with Gasteiger partial charge < -0.3 is 9.32 Å². The third-order valence-corrected chi connectivity index (χ3v) is 8.74. The van der Waals surface area contributed by atoms with Crippen LogP contribution < -0.4 is 4.90 Å². The summed E-state index contributed by atoms with van der Waals surface area (Å²) in [6, 6.07) is 47.0. The van der Waals surface area contributed by atoms with E-state index < -0.39 is 6.04 Å². The molecule has 2 heteroatoms. The monoisotopic (exact) mass is 592 g/mol. The Hall–Kier alpha value is -6.12. The van der Waals surface area contributed by atoms with Crippen molar-refractivity contribution in [2.45, 2.75) is 0 Å². The smallest absolute Gasteiger partial charge is 0.143 e. The predicted octanol–water partition coefficient (Wildman–Crippen LogP) is 12.7. The highest BCUT2D eigenvalue weighted by Gasteiger charge is 2.17. The van der Waals surface area contributed by atoms with Gasteiger partial charge in [-0.1, -0.05) is 127 Å². The van der Waals surface area contributed by atoms with Crippen molar-refractivity contribution in [1.82, 2.24) is 0 Å². The maximum absolute atomic E-state index is 8.95. The van der Waals surface area contributed by atoms with Crippen molar-refractivity contribution >= 4 is 60.5 Å². The van der Waals surface area contributed by atoms with E-state index in [1.54, 1.807) is 4.90 Å². The number of hydrogen-bond acceptors (Lipinski definition) is 2. The van der Waals surface area contributed by atoms with Crippen LogP contribution in [0.3, 0.4) is 0 Å². The van der Waals surface area contributed by atoms with E-state index in [-0.39, 0.29) is 29.9 Å². The number of para-hydroxylation sites is 1. The zero-order valence-electron chi connectivity index (χ0n) is 29.7. The Morgan fingerprint density at radius 1 is 0.457 bits per heavy atom. The maximum Gasteiger partial charge on any atom is 0.143 e. The third-order valence-electron chi connectivity index (χ3n) is 8.74. The summed E-state index contributed by atoms with van der Waals surface area (Å²) in [5, 5.41) is 6.46. The van der Waals surface area contributed by atoms with E-state index >= 15 is 0 Å². The maximum atomic E-state index is 8.95. The Kier molecular flexibility index (Phi) is 5.06. The Labute approximate surface area is 274 Å². The molecule has 9 aromatic rings. The lowest BCUT2D eigenvalue weighted by Gasteiger charge is -2.26. The molecule has 0 amide bonds. The van der Waals surface area contributed by atoms with Gasteiger partial charge in [0, 0.05) is 33.2 Å². The number of nitrogens with zero attached hydrogens (tertiary/aromatic N) is 1. The average Bonchev–Trinajstić information content (AvgIpc) is 3.58. The van der Waals surface area contributed by atoms with Crippen LogP contribution in [-0.2, 0) is 0 Å². The van der Waals surface area contributed by atoms with E-state index in [4.69, 9.17) is 11.3 Å². The van der Waals surface area contributed by atoms with Crippen molar-refractivity contribution in [2.24, 2.45) is 0 Å². The van der Waals surface area contributed by atoms with Gasteiger partial charge in [0.25, 0.3) is 0 Å². The Morgan fingerprint density at radius 2 is 1.15 bits per heavy atom. The van der Waals surface area contributed by atoms with Gasteiger partial charge in [-0.2, -0.15) is 0 Å². The first-order valence-electron chi connectivity index (χ1n) is 17.8. The van der Waals surface area contributed by atoms with Crippen molar-refractivity contribution in [3.05, 3.63) is 176 Å². The molecule has 9 rings (SSSR count). The molecule has 0 atom stereocenters. The van der Waals surface area contributed by atoms with Crippen LogP contribution in [0.25, 0.3) is 65.7 Å². The topological polar surface area (TPSA) is 16.4 Å². The van der Waals surface area contributed by atoms with Crippen LogP contribution in [0.2, 0.25) is 0 Å². The number of hydrogen-bond donors (Lipinski definition) is 0. The van der Waals surface area contributed by atoms with E-state index in [9.17, 15) is 0 Å². The summed E-state index contributed by atoms with van der Waals surface area (Å²) >= 11 is 0. The normalized spacial score (nSPS) is 13.0. The number of fused-ring (bicyclic) bond motifs is 6. The molecule has 8 aromatic carbocycles. The molecule has 0 saturated heterocycles. The zero-order chi connectivity index (χ0) is 34.8. The van der Waals surface area contributed by atoms with Crippen molar-refractivity contribution in [3.8, 4) is 22.3 Å². The third kappa shape index (κ3) is 4.35. The molecule has 0 fully saturated rings. The van der Waals surface area contributed by atoms with Crippen LogP contribution in [0.5, 0.6) is 0 Å². The summed E-state index contributed by atoms with van der Waals surface area (Å²) in [5.41, 5.74) is 7.03. The lowest BCUT2D eigenvalue weighted by Crippen LogP contribution is -2.09. The molecule has 0 unspecified atom stereocenters. The van der Waals surface area contributed by atoms with Crippen molar-refractivity contribution in [1.29, 1.82) is 0 Å². The fraction of sp³-hybridized carbons (Fsp3) is 0. The zero-order valence-corrected chi connectivity index (χ0v) is 24.7. The van der Waals surface area contributed by atoms with Crippen LogP contribution in [0.1, 0.15) is 6.85 Å². The molecular formula is C44H29NO. The minimum Gasteiger partial charge on any atom is -0.455 e. The van der Waals surface area contributed by atoms with Gasteiger partial charge >= 0.3 is 0 Å². The summed E-state index contributed by atoms with van der Waals surface area (Å²) in [4.78, 5) is 1.76. The molecule has 0 N–H and O–H groups in total. The van der Waals surface area contributed by atoms with Gasteiger partial charge in [0.15, 0.2) is 0 Å². The van der Waals surface area contributed by atoms with Crippen molar-refractivity contribution < 1.29 is 11.3 Å². The molecular weight excluding hydrogens is 558 g/mol. The molecule has 0 radical (unpaired) electrons. The van der Waals surface area contributed by atoms with Crippen molar-refractivity contribution in [2.75, 3.05) is 4.90 Å². The predicted molar refractivity (Wildman–Crippen MR) is 194 cm³/mol. The van der Waals surface area contributed by atoms with E-state index in [0.29, 0.717) is 11.4 Å². The minimum atomic E-state index is -0.429. The fourth-order valence-corrected chi connectivity index (χ4v) is 6.64. The van der Waals surface area contributed by atoms with E-state index in [0.717, 1.165) is 65.7 Å². The largest absolute Gasteiger partial charge is 0.455 e. The SMILES string of the molecule is [2H]c1c([2H])c([2H])c(N(c2ccc(-c3cccc4oc5c6ccccc6ccc5c34)cc2)c2cccc(-c3cccc4ccccc34)c2)c([2H])c1[2H]. The summed E-state index contributed by atoms with van der Waals surface area (Å²) in [7, 11) is 0. The first-order valence-corrected chi connectivity index (χ1v) is 15.3. The lowest BCUT2D eigenvalue weighted by atomic mass is 9.97. The first-order chi connectivity index (χ1) is 24.9. The van der Waals surface area contributed by atoms with Gasteiger partial charge in [-0.25, -0.2) is 0 Å². The highest BCUT2D eigenvalue weighted by Crippen LogP contribution is 2.42. The molecule has 216 valence electrons. The van der Waals surface area contributed by atoms with Gasteiger partial charge in [0.05, 0.1) is 6.85 Å². The molecule has 0 bridgehead atoms. The van der Waals surface area contributed by atoms with Crippen molar-refractivity contribution in [3.63, 3.8) is 0 Å². The first kappa shape index (κ1) is 21.6. The fourth-order valence-electron chi connectivity index (χ4n) is 6.64. The number of benzene rings is 8. The Morgan fingerprint density at radius 3 is 2.00 bits per heavy atom. The van der Waals surface area contributed by atoms with Gasteiger partial charge in [-0.05, 0) is 86.9 Å². The molecule has 0 aliphatic rings. The minimum absolute atomic E-state index is 0.0821. The Balaban J connectivity index is 1.22. The molecule has 1 heterocycles. The number of rotatable bonds is 5. The van der Waals surface area contributed by atoms with Crippen LogP contribution in [0.4, 0.5) is 17.1 Å². The second-order valence-corrected chi connectivity index (χ2v) is 11.4. The van der Waals surface area contributed by atoms with Crippen LogP contribution in [0.15, 0.2) is 180 Å². The van der Waals surface area contributed by atoms with E-state index in [1.807, 2.05) is 91.0 Å². The number of anilines is 3. The van der Waals surface area contributed by atoms with Gasteiger partial charge in [-0.15, -0.1) is 0 Å². The number of furan rings is 1. The summed E-state index contributed by atoms with van der Waals surface area (Å²) in [6.45, 7) is 0. The molecule has 0 aliphatic carbocycles. The molecule has 0 saturated carbocycles.